The Morgan fingerprint density at radius 3 is 2.35 bits per heavy atom. The molecule has 2 aromatic rings. The Morgan fingerprint density at radius 1 is 1.26 bits per heavy atom. The van der Waals surface area contributed by atoms with Crippen molar-refractivity contribution in [2.24, 2.45) is 0 Å². The van der Waals surface area contributed by atoms with Gasteiger partial charge in [-0.1, -0.05) is 0 Å². The predicted molar refractivity (Wildman–Crippen MR) is 70.7 cm³/mol. The largest absolute Gasteiger partial charge is 0.478 e. The lowest BCUT2D eigenvalue weighted by atomic mass is 9.93. The van der Waals surface area contributed by atoms with E-state index in [1.165, 1.54) is 0 Å². The van der Waals surface area contributed by atoms with Crippen LogP contribution in [0.25, 0.3) is 11.3 Å². The van der Waals surface area contributed by atoms with Crippen molar-refractivity contribution < 1.29 is 31.9 Å². The molecule has 0 saturated carbocycles. The van der Waals surface area contributed by atoms with Crippen LogP contribution < -0.4 is 5.73 Å². The third-order valence-corrected chi connectivity index (χ3v) is 3.21. The van der Waals surface area contributed by atoms with Crippen molar-refractivity contribution in [1.82, 2.24) is 4.98 Å². The minimum Gasteiger partial charge on any atom is -0.478 e. The summed E-state index contributed by atoms with van der Waals surface area (Å²) in [5.74, 6) is -4.04. The Balaban J connectivity index is 2.92. The van der Waals surface area contributed by atoms with Crippen LogP contribution in [0.5, 0.6) is 0 Å². The van der Waals surface area contributed by atoms with Gasteiger partial charge in [0.05, 0.1) is 17.3 Å². The number of nitrogens with two attached hydrogens (primary N) is 1. The summed E-state index contributed by atoms with van der Waals surface area (Å²) in [6.45, 7) is 1.11. The van der Waals surface area contributed by atoms with Gasteiger partial charge in [0.2, 0.25) is 0 Å². The Bertz CT molecular complexity index is 803. The summed E-state index contributed by atoms with van der Waals surface area (Å²) < 4.78 is 66.5. The summed E-state index contributed by atoms with van der Waals surface area (Å²) in [6, 6.07) is 0.688. The molecule has 0 aliphatic rings. The summed E-state index contributed by atoms with van der Waals surface area (Å²) in [4.78, 5) is 14.4. The highest BCUT2D eigenvalue weighted by atomic mass is 19.4. The molecule has 0 amide bonds. The molecule has 1 heterocycles. The number of rotatable bonds is 2. The number of hydrogen-bond acceptors (Lipinski definition) is 3. The zero-order valence-corrected chi connectivity index (χ0v) is 11.5. The van der Waals surface area contributed by atoms with Gasteiger partial charge < -0.3 is 10.8 Å². The van der Waals surface area contributed by atoms with Crippen LogP contribution in [-0.4, -0.2) is 16.1 Å². The van der Waals surface area contributed by atoms with Crippen LogP contribution >= 0.6 is 0 Å². The van der Waals surface area contributed by atoms with Gasteiger partial charge in [-0.05, 0) is 18.6 Å². The summed E-state index contributed by atoms with van der Waals surface area (Å²) in [7, 11) is 0. The first-order chi connectivity index (χ1) is 10.5. The lowest BCUT2D eigenvalue weighted by molar-refractivity contribution is -0.137. The molecule has 1 aromatic carbocycles. The molecular formula is C14H9F5N2O2. The fraction of sp³-hybridized carbons (Fsp3) is 0.143. The lowest BCUT2D eigenvalue weighted by Gasteiger charge is -2.18. The van der Waals surface area contributed by atoms with Crippen molar-refractivity contribution >= 4 is 11.7 Å². The van der Waals surface area contributed by atoms with Crippen molar-refractivity contribution in [1.29, 1.82) is 0 Å². The van der Waals surface area contributed by atoms with E-state index in [1.54, 1.807) is 0 Å². The highest BCUT2D eigenvalue weighted by molar-refractivity contribution is 5.97. The van der Waals surface area contributed by atoms with Crippen molar-refractivity contribution in [2.45, 2.75) is 13.1 Å². The van der Waals surface area contributed by atoms with E-state index < -0.39 is 51.9 Å². The molecule has 0 radical (unpaired) electrons. The highest BCUT2D eigenvalue weighted by Crippen LogP contribution is 2.42. The smallest absolute Gasteiger partial charge is 0.417 e. The number of benzene rings is 1. The van der Waals surface area contributed by atoms with Gasteiger partial charge in [-0.25, -0.2) is 13.6 Å². The Morgan fingerprint density at radius 2 is 1.87 bits per heavy atom. The average molecular weight is 332 g/mol. The number of nitrogen functional groups attached to an aromatic ring is 1. The van der Waals surface area contributed by atoms with Gasteiger partial charge in [-0.2, -0.15) is 13.2 Å². The van der Waals surface area contributed by atoms with E-state index in [0.717, 1.165) is 6.92 Å². The molecule has 0 unspecified atom stereocenters. The zero-order valence-electron chi connectivity index (χ0n) is 11.5. The summed E-state index contributed by atoms with van der Waals surface area (Å²) in [6.07, 6.45) is -4.43. The first kappa shape index (κ1) is 16.7. The fourth-order valence-electron chi connectivity index (χ4n) is 2.14. The van der Waals surface area contributed by atoms with Crippen molar-refractivity contribution in [2.75, 3.05) is 5.73 Å². The molecule has 4 nitrogen and oxygen atoms in total. The number of carboxylic acid groups (broad SMARTS) is 1. The maximum absolute atomic E-state index is 13.8. The number of aromatic nitrogens is 1. The minimum absolute atomic E-state index is 0.310. The van der Waals surface area contributed by atoms with Crippen LogP contribution in [0.2, 0.25) is 0 Å². The summed E-state index contributed by atoms with van der Waals surface area (Å²) in [5.41, 5.74) is 1.11. The number of pyridine rings is 1. The van der Waals surface area contributed by atoms with Gasteiger partial charge >= 0.3 is 12.1 Å². The van der Waals surface area contributed by atoms with Gasteiger partial charge in [0.1, 0.15) is 11.5 Å². The first-order valence-corrected chi connectivity index (χ1v) is 6.09. The molecule has 1 aromatic heterocycles. The van der Waals surface area contributed by atoms with E-state index in [0.29, 0.717) is 18.3 Å². The van der Waals surface area contributed by atoms with Crippen LogP contribution in [0.4, 0.5) is 27.6 Å². The summed E-state index contributed by atoms with van der Waals surface area (Å²) in [5, 5.41) is 8.95. The maximum atomic E-state index is 13.8. The number of halogens is 5. The molecule has 0 aliphatic heterocycles. The Kier molecular flexibility index (Phi) is 3.97. The molecular weight excluding hydrogens is 323 g/mol. The first-order valence-electron chi connectivity index (χ1n) is 6.09. The molecule has 3 N–H and O–H groups in total. The average Bonchev–Trinajstić information content (AvgIpc) is 2.40. The van der Waals surface area contributed by atoms with E-state index in [2.05, 4.69) is 4.98 Å². The van der Waals surface area contributed by atoms with Crippen LogP contribution in [0.3, 0.4) is 0 Å². The molecule has 0 aliphatic carbocycles. The van der Waals surface area contributed by atoms with Gasteiger partial charge in [0, 0.05) is 17.3 Å². The standard InChI is InChI=1S/C14H9F5N2O2/c1-5-10(12-9(16)2-6(15)4-21-12)8(14(17,18)19)3-7(11(5)20)13(22)23/h2-4H,20H2,1H3,(H,22,23). The van der Waals surface area contributed by atoms with Crippen molar-refractivity contribution in [3.8, 4) is 11.3 Å². The lowest BCUT2D eigenvalue weighted by Crippen LogP contribution is -2.15. The van der Waals surface area contributed by atoms with Gasteiger partial charge in [-0.3, -0.25) is 4.98 Å². The number of anilines is 1. The Hall–Kier alpha value is -2.71. The van der Waals surface area contributed by atoms with E-state index in [1.807, 2.05) is 0 Å². The molecule has 23 heavy (non-hydrogen) atoms. The number of aromatic carboxylic acids is 1. The SMILES string of the molecule is Cc1c(N)c(C(=O)O)cc(C(F)(F)F)c1-c1ncc(F)cc1F. The third-order valence-electron chi connectivity index (χ3n) is 3.21. The highest BCUT2D eigenvalue weighted by Gasteiger charge is 2.37. The van der Waals surface area contributed by atoms with E-state index in [4.69, 9.17) is 10.8 Å². The van der Waals surface area contributed by atoms with E-state index >= 15 is 0 Å². The van der Waals surface area contributed by atoms with E-state index in [9.17, 15) is 26.7 Å². The molecule has 0 spiro atoms. The number of carboxylic acids is 1. The molecule has 122 valence electrons. The van der Waals surface area contributed by atoms with Crippen LogP contribution in [0.15, 0.2) is 18.3 Å². The molecule has 0 bridgehead atoms. The third kappa shape index (κ3) is 2.94. The second-order valence-electron chi connectivity index (χ2n) is 4.67. The van der Waals surface area contributed by atoms with Crippen LogP contribution in [0.1, 0.15) is 21.5 Å². The maximum Gasteiger partial charge on any atom is 0.417 e. The minimum atomic E-state index is -4.99. The van der Waals surface area contributed by atoms with Crippen molar-refractivity contribution in [3.63, 3.8) is 0 Å². The molecule has 0 fully saturated rings. The Labute approximate surface area is 126 Å². The molecule has 0 atom stereocenters. The van der Waals surface area contributed by atoms with Gasteiger partial charge in [0.15, 0.2) is 5.82 Å². The van der Waals surface area contributed by atoms with Crippen LogP contribution in [0, 0.1) is 18.6 Å². The van der Waals surface area contributed by atoms with Gasteiger partial charge in [-0.15, -0.1) is 0 Å². The van der Waals surface area contributed by atoms with Gasteiger partial charge in [0.25, 0.3) is 0 Å². The topological polar surface area (TPSA) is 76.2 Å². The second-order valence-corrected chi connectivity index (χ2v) is 4.67. The molecule has 0 saturated heterocycles. The quantitative estimate of drug-likeness (QED) is 0.650. The molecule has 9 heteroatoms. The number of hydrogen-bond donors (Lipinski definition) is 2. The second kappa shape index (κ2) is 5.49. The van der Waals surface area contributed by atoms with E-state index in [-0.39, 0.29) is 5.56 Å². The number of alkyl halides is 3. The molecule has 2 rings (SSSR count). The summed E-state index contributed by atoms with van der Waals surface area (Å²) >= 11 is 0. The number of nitrogens with zero attached hydrogens (tertiary/aromatic N) is 1. The number of carbonyl (C=O) groups is 1. The zero-order chi connectivity index (χ0) is 17.5. The monoisotopic (exact) mass is 332 g/mol. The fourth-order valence-corrected chi connectivity index (χ4v) is 2.14. The van der Waals surface area contributed by atoms with Crippen molar-refractivity contribution in [3.05, 3.63) is 46.7 Å². The van der Waals surface area contributed by atoms with Crippen LogP contribution in [-0.2, 0) is 6.18 Å². The predicted octanol–water partition coefficient (Wildman–Crippen LogP) is 3.63. The normalized spacial score (nSPS) is 11.6.